The number of carboxylic acids is 1. The number of anilines is 1. The number of benzene rings is 1. The smallest absolute Gasteiger partial charge is 0.326 e. The third-order valence-corrected chi connectivity index (χ3v) is 3.58. The number of hydrogen-bond acceptors (Lipinski definition) is 3. The molecule has 2 amide bonds. The molecule has 2 N–H and O–H groups in total. The fourth-order valence-corrected chi connectivity index (χ4v) is 2.54. The maximum Gasteiger partial charge on any atom is 0.326 e. The Morgan fingerprint density at radius 3 is 2.64 bits per heavy atom. The van der Waals surface area contributed by atoms with Gasteiger partial charge in [-0.1, -0.05) is 0 Å². The molecule has 1 aromatic rings. The lowest BCUT2D eigenvalue weighted by Gasteiger charge is -2.33. The Morgan fingerprint density at radius 2 is 2.05 bits per heavy atom. The molecule has 2 rings (SSSR count). The Hall–Kier alpha value is -2.44. The van der Waals surface area contributed by atoms with Gasteiger partial charge >= 0.3 is 5.97 Å². The third kappa shape index (κ3) is 3.41. The summed E-state index contributed by atoms with van der Waals surface area (Å²) in [5, 5.41) is 11.5. The van der Waals surface area contributed by atoms with Gasteiger partial charge in [0, 0.05) is 19.0 Å². The number of carboxylic acid groups (broad SMARTS) is 1. The normalized spacial score (nSPS) is 17.9. The minimum Gasteiger partial charge on any atom is -0.480 e. The van der Waals surface area contributed by atoms with E-state index >= 15 is 0 Å². The fraction of sp³-hybridized carbons (Fsp3) is 0.400. The Morgan fingerprint density at radius 1 is 1.32 bits per heavy atom. The molecule has 1 unspecified atom stereocenters. The first kappa shape index (κ1) is 15.9. The van der Waals surface area contributed by atoms with Crippen molar-refractivity contribution < 1.29 is 23.9 Å². The predicted octanol–water partition coefficient (Wildman–Crippen LogP) is 1.86. The maximum atomic E-state index is 13.9. The van der Waals surface area contributed by atoms with E-state index in [0.29, 0.717) is 13.0 Å². The van der Waals surface area contributed by atoms with Gasteiger partial charge < -0.3 is 15.3 Å². The van der Waals surface area contributed by atoms with Crippen LogP contribution in [-0.4, -0.2) is 40.4 Å². The number of hydrogen-bond donors (Lipinski definition) is 2. The first-order valence-electron chi connectivity index (χ1n) is 7.01. The highest BCUT2D eigenvalue weighted by Crippen LogP contribution is 2.22. The number of nitrogens with zero attached hydrogens (tertiary/aromatic N) is 1. The van der Waals surface area contributed by atoms with Crippen LogP contribution in [0.5, 0.6) is 0 Å². The topological polar surface area (TPSA) is 86.7 Å². The number of aliphatic carboxylic acids is 1. The second-order valence-corrected chi connectivity index (χ2v) is 5.22. The van der Waals surface area contributed by atoms with E-state index in [1.54, 1.807) is 0 Å². The highest BCUT2D eigenvalue weighted by atomic mass is 19.1. The zero-order chi connectivity index (χ0) is 16.3. The second kappa shape index (κ2) is 6.55. The summed E-state index contributed by atoms with van der Waals surface area (Å²) in [6, 6.07) is 2.81. The van der Waals surface area contributed by atoms with Crippen LogP contribution in [0.3, 0.4) is 0 Å². The minimum absolute atomic E-state index is 0.0162. The number of carbonyl (C=O) groups excluding carboxylic acids is 2. The van der Waals surface area contributed by atoms with Crippen LogP contribution in [0, 0.1) is 5.82 Å². The molecule has 0 radical (unpaired) electrons. The van der Waals surface area contributed by atoms with E-state index in [2.05, 4.69) is 5.32 Å². The number of rotatable bonds is 3. The van der Waals surface area contributed by atoms with E-state index in [1.807, 2.05) is 0 Å². The maximum absolute atomic E-state index is 13.9. The number of carbonyl (C=O) groups is 3. The summed E-state index contributed by atoms with van der Waals surface area (Å²) in [5.74, 6) is -2.71. The average Bonchev–Trinajstić information content (AvgIpc) is 2.48. The van der Waals surface area contributed by atoms with Crippen LogP contribution in [0.1, 0.15) is 36.5 Å². The molecule has 1 aliphatic rings. The molecule has 0 bridgehead atoms. The summed E-state index contributed by atoms with van der Waals surface area (Å²) >= 11 is 0. The molecule has 0 spiro atoms. The molecular weight excluding hydrogens is 291 g/mol. The van der Waals surface area contributed by atoms with E-state index in [0.717, 1.165) is 18.9 Å². The van der Waals surface area contributed by atoms with Crippen LogP contribution in [0.25, 0.3) is 0 Å². The zero-order valence-electron chi connectivity index (χ0n) is 12.1. The van der Waals surface area contributed by atoms with Crippen LogP contribution < -0.4 is 5.32 Å². The summed E-state index contributed by atoms with van der Waals surface area (Å²) in [5.41, 5.74) is 0.0530. The summed E-state index contributed by atoms with van der Waals surface area (Å²) < 4.78 is 13.9. The van der Waals surface area contributed by atoms with Crippen molar-refractivity contribution in [3.8, 4) is 0 Å². The van der Waals surface area contributed by atoms with Crippen LogP contribution in [0.4, 0.5) is 10.1 Å². The third-order valence-electron chi connectivity index (χ3n) is 3.58. The van der Waals surface area contributed by atoms with Crippen LogP contribution in [0.2, 0.25) is 0 Å². The van der Waals surface area contributed by atoms with Gasteiger partial charge in [0.05, 0.1) is 5.69 Å². The molecule has 1 aliphatic heterocycles. The molecule has 7 heteroatoms. The predicted molar refractivity (Wildman–Crippen MR) is 77.0 cm³/mol. The molecule has 1 heterocycles. The Kier molecular flexibility index (Phi) is 4.75. The van der Waals surface area contributed by atoms with Crippen molar-refractivity contribution in [3.05, 3.63) is 29.6 Å². The van der Waals surface area contributed by atoms with Crippen molar-refractivity contribution in [3.63, 3.8) is 0 Å². The van der Waals surface area contributed by atoms with Crippen molar-refractivity contribution in [2.75, 3.05) is 11.9 Å². The molecule has 118 valence electrons. The Bertz CT molecular complexity index is 618. The van der Waals surface area contributed by atoms with Crippen molar-refractivity contribution in [2.24, 2.45) is 0 Å². The number of nitrogens with one attached hydrogen (secondary N) is 1. The number of amides is 2. The van der Waals surface area contributed by atoms with Gasteiger partial charge in [0.15, 0.2) is 0 Å². The second-order valence-electron chi connectivity index (χ2n) is 5.22. The molecule has 22 heavy (non-hydrogen) atoms. The number of piperidine rings is 1. The quantitative estimate of drug-likeness (QED) is 0.892. The fourth-order valence-electron chi connectivity index (χ4n) is 2.54. The molecule has 0 saturated carbocycles. The minimum atomic E-state index is -1.05. The molecule has 1 fully saturated rings. The van der Waals surface area contributed by atoms with Gasteiger partial charge in [-0.3, -0.25) is 9.59 Å². The van der Waals surface area contributed by atoms with Gasteiger partial charge in [-0.2, -0.15) is 0 Å². The average molecular weight is 308 g/mol. The summed E-state index contributed by atoms with van der Waals surface area (Å²) in [6.07, 6.45) is 1.87. The Balaban J connectivity index is 2.23. The number of likely N-dealkylation sites (tertiary alicyclic amines) is 1. The zero-order valence-corrected chi connectivity index (χ0v) is 12.1. The highest BCUT2D eigenvalue weighted by Gasteiger charge is 2.32. The molecular formula is C15H17FN2O4. The molecule has 0 aromatic heterocycles. The van der Waals surface area contributed by atoms with Gasteiger partial charge in [0.25, 0.3) is 5.91 Å². The van der Waals surface area contributed by atoms with Gasteiger partial charge in [-0.25, -0.2) is 9.18 Å². The standard InChI is InChI=1S/C15H17FN2O4/c1-9(19)17-12-6-5-10(8-11(12)16)14(20)18-7-3-2-4-13(18)15(21)22/h5-6,8,13H,2-4,7H2,1H3,(H,17,19)(H,21,22). The molecule has 0 aliphatic carbocycles. The van der Waals surface area contributed by atoms with Gasteiger partial charge in [0.1, 0.15) is 11.9 Å². The lowest BCUT2D eigenvalue weighted by molar-refractivity contribution is -0.143. The molecule has 6 nitrogen and oxygen atoms in total. The van der Waals surface area contributed by atoms with Crippen molar-refractivity contribution in [2.45, 2.75) is 32.2 Å². The van der Waals surface area contributed by atoms with E-state index in [4.69, 9.17) is 0 Å². The van der Waals surface area contributed by atoms with Crippen molar-refractivity contribution in [1.29, 1.82) is 0 Å². The first-order valence-corrected chi connectivity index (χ1v) is 7.01. The SMILES string of the molecule is CC(=O)Nc1ccc(C(=O)N2CCCCC2C(=O)O)cc1F. The van der Waals surface area contributed by atoms with Gasteiger partial charge in [0.2, 0.25) is 5.91 Å². The van der Waals surface area contributed by atoms with Crippen LogP contribution in [0.15, 0.2) is 18.2 Å². The van der Waals surface area contributed by atoms with Crippen molar-refractivity contribution >= 4 is 23.5 Å². The van der Waals surface area contributed by atoms with Crippen molar-refractivity contribution in [1.82, 2.24) is 4.90 Å². The van der Waals surface area contributed by atoms with Gasteiger partial charge in [-0.15, -0.1) is 0 Å². The van der Waals surface area contributed by atoms with Crippen LogP contribution in [-0.2, 0) is 9.59 Å². The van der Waals surface area contributed by atoms with Gasteiger partial charge in [-0.05, 0) is 37.5 Å². The van der Waals surface area contributed by atoms with E-state index in [1.165, 1.54) is 24.0 Å². The van der Waals surface area contributed by atoms with E-state index in [9.17, 15) is 23.9 Å². The molecule has 1 saturated heterocycles. The van der Waals surface area contributed by atoms with E-state index < -0.39 is 29.6 Å². The molecule has 1 atom stereocenters. The lowest BCUT2D eigenvalue weighted by atomic mass is 10.0. The monoisotopic (exact) mass is 308 g/mol. The Labute approximate surface area is 126 Å². The molecule has 1 aromatic carbocycles. The number of halogens is 1. The first-order chi connectivity index (χ1) is 10.4. The summed E-state index contributed by atoms with van der Waals surface area (Å²) in [4.78, 5) is 35.8. The van der Waals surface area contributed by atoms with E-state index in [-0.39, 0.29) is 11.3 Å². The summed E-state index contributed by atoms with van der Waals surface area (Å²) in [6.45, 7) is 1.59. The summed E-state index contributed by atoms with van der Waals surface area (Å²) in [7, 11) is 0. The highest BCUT2D eigenvalue weighted by molar-refractivity contribution is 5.97. The lowest BCUT2D eigenvalue weighted by Crippen LogP contribution is -2.48. The van der Waals surface area contributed by atoms with Crippen LogP contribution >= 0.6 is 0 Å². The largest absolute Gasteiger partial charge is 0.480 e.